The van der Waals surface area contributed by atoms with Crippen LogP contribution >= 0.6 is 0 Å². The number of hydrogen-bond acceptors (Lipinski definition) is 6. The molecule has 0 saturated carbocycles. The molecule has 1 rings (SSSR count). The van der Waals surface area contributed by atoms with E-state index in [2.05, 4.69) is 10.6 Å². The van der Waals surface area contributed by atoms with Crippen molar-refractivity contribution in [2.75, 3.05) is 23.8 Å². The number of benzene rings is 1. The van der Waals surface area contributed by atoms with Crippen molar-refractivity contribution in [3.8, 4) is 0 Å². The SMILES string of the molecule is CCOC(=O)Nc1cccc(NC(=O)OCC)c1B(O)O. The molecule has 4 N–H and O–H groups in total. The number of ether oxygens (including phenoxy) is 2. The molecule has 0 aliphatic rings. The van der Waals surface area contributed by atoms with Crippen molar-refractivity contribution in [3.05, 3.63) is 18.2 Å². The van der Waals surface area contributed by atoms with Crippen LogP contribution in [0.3, 0.4) is 0 Å². The molecule has 0 saturated heterocycles. The molecule has 0 bridgehead atoms. The Morgan fingerprint density at radius 3 is 1.81 bits per heavy atom. The first-order chi connectivity index (χ1) is 9.99. The molecule has 21 heavy (non-hydrogen) atoms. The molecule has 0 aromatic heterocycles. The van der Waals surface area contributed by atoms with Gasteiger partial charge in [-0.3, -0.25) is 10.6 Å². The molecular weight excluding hydrogens is 279 g/mol. The van der Waals surface area contributed by atoms with E-state index < -0.39 is 19.3 Å². The average molecular weight is 296 g/mol. The second kappa shape index (κ2) is 8.13. The zero-order valence-electron chi connectivity index (χ0n) is 11.8. The molecule has 1 aromatic rings. The van der Waals surface area contributed by atoms with Crippen LogP contribution < -0.4 is 16.1 Å². The van der Waals surface area contributed by atoms with Crippen molar-refractivity contribution in [3.63, 3.8) is 0 Å². The van der Waals surface area contributed by atoms with E-state index in [0.29, 0.717) is 0 Å². The summed E-state index contributed by atoms with van der Waals surface area (Å²) in [6.45, 7) is 3.62. The van der Waals surface area contributed by atoms with Gasteiger partial charge in [0.05, 0.1) is 13.2 Å². The number of nitrogens with one attached hydrogen (secondary N) is 2. The van der Waals surface area contributed by atoms with Gasteiger partial charge in [0.1, 0.15) is 0 Å². The van der Waals surface area contributed by atoms with Crippen LogP contribution in [0.5, 0.6) is 0 Å². The lowest BCUT2D eigenvalue weighted by Crippen LogP contribution is -2.36. The fraction of sp³-hybridized carbons (Fsp3) is 0.333. The highest BCUT2D eigenvalue weighted by Crippen LogP contribution is 2.14. The molecule has 0 unspecified atom stereocenters. The molecule has 114 valence electrons. The Morgan fingerprint density at radius 2 is 1.48 bits per heavy atom. The van der Waals surface area contributed by atoms with Crippen molar-refractivity contribution >= 4 is 36.1 Å². The van der Waals surface area contributed by atoms with Gasteiger partial charge in [-0.05, 0) is 26.0 Å². The molecule has 1 aromatic carbocycles. The maximum absolute atomic E-state index is 11.4. The van der Waals surface area contributed by atoms with Crippen molar-refractivity contribution in [2.24, 2.45) is 0 Å². The van der Waals surface area contributed by atoms with Gasteiger partial charge < -0.3 is 19.5 Å². The maximum Gasteiger partial charge on any atom is 0.492 e. The number of anilines is 2. The standard InChI is InChI=1S/C12H17BN2O6/c1-3-20-11(16)14-8-6-5-7-9(10(8)13(18)19)15-12(17)21-4-2/h5-7,18-19H,3-4H2,1-2H3,(H,14,16)(H,15,17). The van der Waals surface area contributed by atoms with E-state index in [9.17, 15) is 19.6 Å². The lowest BCUT2D eigenvalue weighted by atomic mass is 9.77. The summed E-state index contributed by atoms with van der Waals surface area (Å²) in [5, 5.41) is 23.6. The monoisotopic (exact) mass is 296 g/mol. The minimum atomic E-state index is -1.90. The molecule has 9 heteroatoms. The Kier molecular flexibility index (Phi) is 6.50. The summed E-state index contributed by atoms with van der Waals surface area (Å²) in [6, 6.07) is 4.42. The molecule has 0 fully saturated rings. The Morgan fingerprint density at radius 1 is 1.05 bits per heavy atom. The third-order valence-corrected chi connectivity index (χ3v) is 2.39. The van der Waals surface area contributed by atoms with Crippen LogP contribution in [0.25, 0.3) is 0 Å². The fourth-order valence-electron chi connectivity index (χ4n) is 1.62. The van der Waals surface area contributed by atoms with Crippen molar-refractivity contribution < 1.29 is 29.1 Å². The predicted molar refractivity (Wildman–Crippen MR) is 77.6 cm³/mol. The highest BCUT2D eigenvalue weighted by Gasteiger charge is 2.23. The number of carbonyl (C=O) groups is 2. The molecular formula is C12H17BN2O6. The molecule has 0 spiro atoms. The van der Waals surface area contributed by atoms with Crippen molar-refractivity contribution in [1.29, 1.82) is 0 Å². The Balaban J connectivity index is 3.03. The van der Waals surface area contributed by atoms with Gasteiger partial charge in [-0.2, -0.15) is 0 Å². The van der Waals surface area contributed by atoms with Gasteiger partial charge in [-0.15, -0.1) is 0 Å². The Hall–Kier alpha value is -2.26. The third-order valence-electron chi connectivity index (χ3n) is 2.39. The van der Waals surface area contributed by atoms with Crippen LogP contribution in [-0.4, -0.2) is 42.6 Å². The second-order valence-electron chi connectivity index (χ2n) is 3.83. The Labute approximate surface area is 122 Å². The number of rotatable bonds is 5. The predicted octanol–water partition coefficient (Wildman–Crippen LogP) is 0.503. The van der Waals surface area contributed by atoms with E-state index >= 15 is 0 Å². The summed E-state index contributed by atoms with van der Waals surface area (Å²) < 4.78 is 9.43. The van der Waals surface area contributed by atoms with Gasteiger partial charge in [0.2, 0.25) is 0 Å². The van der Waals surface area contributed by atoms with E-state index in [1.54, 1.807) is 13.8 Å². The van der Waals surface area contributed by atoms with Crippen LogP contribution in [0, 0.1) is 0 Å². The van der Waals surface area contributed by atoms with E-state index in [-0.39, 0.29) is 30.1 Å². The lowest BCUT2D eigenvalue weighted by Gasteiger charge is -2.15. The van der Waals surface area contributed by atoms with Gasteiger partial charge in [0.15, 0.2) is 0 Å². The zero-order valence-corrected chi connectivity index (χ0v) is 11.8. The minimum absolute atomic E-state index is 0.0707. The minimum Gasteiger partial charge on any atom is -0.450 e. The number of carbonyl (C=O) groups excluding carboxylic acids is 2. The number of hydrogen-bond donors (Lipinski definition) is 4. The fourth-order valence-corrected chi connectivity index (χ4v) is 1.62. The molecule has 0 heterocycles. The van der Waals surface area contributed by atoms with E-state index in [0.717, 1.165) is 0 Å². The van der Waals surface area contributed by atoms with Crippen LogP contribution in [0.4, 0.5) is 21.0 Å². The zero-order chi connectivity index (χ0) is 15.8. The normalized spacial score (nSPS) is 9.71. The largest absolute Gasteiger partial charge is 0.492 e. The van der Waals surface area contributed by atoms with Crippen molar-refractivity contribution in [2.45, 2.75) is 13.8 Å². The van der Waals surface area contributed by atoms with E-state index in [1.165, 1.54) is 18.2 Å². The molecule has 0 aliphatic carbocycles. The van der Waals surface area contributed by atoms with Crippen LogP contribution in [0.2, 0.25) is 0 Å². The van der Waals surface area contributed by atoms with Gasteiger partial charge in [0.25, 0.3) is 0 Å². The summed E-state index contributed by atoms with van der Waals surface area (Å²) in [5.74, 6) is 0. The second-order valence-corrected chi connectivity index (χ2v) is 3.83. The average Bonchev–Trinajstić information content (AvgIpc) is 2.38. The summed E-state index contributed by atoms with van der Waals surface area (Å²) in [7, 11) is -1.90. The first kappa shape index (κ1) is 16.8. The Bertz CT molecular complexity index is 470. The lowest BCUT2D eigenvalue weighted by molar-refractivity contribution is 0.167. The summed E-state index contributed by atoms with van der Waals surface area (Å²) in [4.78, 5) is 22.8. The van der Waals surface area contributed by atoms with Gasteiger partial charge in [-0.25, -0.2) is 9.59 Å². The van der Waals surface area contributed by atoms with E-state index in [4.69, 9.17) is 9.47 Å². The summed E-state index contributed by atoms with van der Waals surface area (Å²) >= 11 is 0. The van der Waals surface area contributed by atoms with Crippen LogP contribution in [0.15, 0.2) is 18.2 Å². The van der Waals surface area contributed by atoms with E-state index in [1.807, 2.05) is 0 Å². The van der Waals surface area contributed by atoms with Crippen LogP contribution in [0.1, 0.15) is 13.8 Å². The van der Waals surface area contributed by atoms with Gasteiger partial charge in [-0.1, -0.05) is 6.07 Å². The van der Waals surface area contributed by atoms with Gasteiger partial charge in [0, 0.05) is 16.8 Å². The highest BCUT2D eigenvalue weighted by molar-refractivity contribution is 6.63. The topological polar surface area (TPSA) is 117 Å². The molecule has 8 nitrogen and oxygen atoms in total. The first-order valence-corrected chi connectivity index (χ1v) is 6.36. The first-order valence-electron chi connectivity index (χ1n) is 6.36. The summed E-state index contributed by atoms with van der Waals surface area (Å²) in [5.41, 5.74) is 0.147. The smallest absolute Gasteiger partial charge is 0.450 e. The molecule has 2 amide bonds. The quantitative estimate of drug-likeness (QED) is 0.588. The van der Waals surface area contributed by atoms with Crippen molar-refractivity contribution in [1.82, 2.24) is 0 Å². The molecule has 0 atom stereocenters. The highest BCUT2D eigenvalue weighted by atomic mass is 16.6. The molecule has 0 radical (unpaired) electrons. The van der Waals surface area contributed by atoms with Gasteiger partial charge >= 0.3 is 19.3 Å². The third kappa shape index (κ3) is 4.97. The maximum atomic E-state index is 11.4. The number of amides is 2. The van der Waals surface area contributed by atoms with Crippen LogP contribution in [-0.2, 0) is 9.47 Å². The summed E-state index contributed by atoms with van der Waals surface area (Å²) in [6.07, 6.45) is -1.49. The molecule has 0 aliphatic heterocycles.